The van der Waals surface area contributed by atoms with Crippen LogP contribution in [0.4, 0.5) is 0 Å². The third kappa shape index (κ3) is 2.05. The molecule has 0 amide bonds. The summed E-state index contributed by atoms with van der Waals surface area (Å²) in [6.45, 7) is 3.78. The zero-order valence-corrected chi connectivity index (χ0v) is 11.8. The molecule has 0 bridgehead atoms. The molecule has 4 nitrogen and oxygen atoms in total. The number of rotatable bonds is 2. The number of aryl methyl sites for hydroxylation is 1. The fraction of sp³-hybridized carbons (Fsp3) is 0.118. The normalized spacial score (nSPS) is 11.0. The predicted molar refractivity (Wildman–Crippen MR) is 81.4 cm³/mol. The molecule has 3 aromatic rings. The van der Waals surface area contributed by atoms with Crippen molar-refractivity contribution in [3.63, 3.8) is 0 Å². The van der Waals surface area contributed by atoms with Crippen LogP contribution in [0.2, 0.25) is 0 Å². The Hall–Kier alpha value is -2.75. The lowest BCUT2D eigenvalue weighted by Gasteiger charge is -2.09. The number of benzene rings is 2. The number of carboxylic acid groups (broad SMARTS) is 1. The van der Waals surface area contributed by atoms with Gasteiger partial charge < -0.3 is 14.8 Å². The summed E-state index contributed by atoms with van der Waals surface area (Å²) in [7, 11) is 0. The number of aromatic nitrogens is 1. The summed E-state index contributed by atoms with van der Waals surface area (Å²) < 4.78 is 1.91. The van der Waals surface area contributed by atoms with Crippen molar-refractivity contribution in [2.24, 2.45) is 0 Å². The fourth-order valence-electron chi connectivity index (χ4n) is 2.78. The lowest BCUT2D eigenvalue weighted by molar-refractivity contribution is 0.0698. The van der Waals surface area contributed by atoms with Gasteiger partial charge in [-0.1, -0.05) is 12.1 Å². The SMILES string of the molecule is Cc1cccc(-n2c(C)c(C(=O)O)c3cc(O)ccc32)c1. The van der Waals surface area contributed by atoms with Gasteiger partial charge in [-0.05, 0) is 49.7 Å². The van der Waals surface area contributed by atoms with E-state index in [1.54, 1.807) is 19.1 Å². The molecule has 0 spiro atoms. The predicted octanol–water partition coefficient (Wildman–Crippen LogP) is 3.65. The minimum atomic E-state index is -0.991. The summed E-state index contributed by atoms with van der Waals surface area (Å²) in [6, 6.07) is 12.7. The monoisotopic (exact) mass is 281 g/mol. The van der Waals surface area contributed by atoms with Crippen molar-refractivity contribution < 1.29 is 15.0 Å². The van der Waals surface area contributed by atoms with Crippen LogP contribution in [0.1, 0.15) is 21.6 Å². The van der Waals surface area contributed by atoms with Gasteiger partial charge in [-0.2, -0.15) is 0 Å². The Morgan fingerprint density at radius 1 is 1.10 bits per heavy atom. The average molecular weight is 281 g/mol. The molecule has 4 heteroatoms. The van der Waals surface area contributed by atoms with Crippen molar-refractivity contribution in [3.05, 3.63) is 59.3 Å². The highest BCUT2D eigenvalue weighted by Crippen LogP contribution is 2.31. The fourth-order valence-corrected chi connectivity index (χ4v) is 2.78. The first-order chi connectivity index (χ1) is 9.99. The molecular weight excluding hydrogens is 266 g/mol. The minimum absolute atomic E-state index is 0.0615. The first-order valence-electron chi connectivity index (χ1n) is 6.63. The van der Waals surface area contributed by atoms with Gasteiger partial charge in [0.2, 0.25) is 0 Å². The number of hydrogen-bond donors (Lipinski definition) is 2. The Morgan fingerprint density at radius 3 is 2.52 bits per heavy atom. The van der Waals surface area contributed by atoms with Crippen LogP contribution in [0.5, 0.6) is 5.75 Å². The van der Waals surface area contributed by atoms with E-state index < -0.39 is 5.97 Å². The molecule has 1 heterocycles. The lowest BCUT2D eigenvalue weighted by Crippen LogP contribution is -2.01. The molecule has 0 atom stereocenters. The van der Waals surface area contributed by atoms with Gasteiger partial charge in [0.25, 0.3) is 0 Å². The second-order valence-electron chi connectivity index (χ2n) is 5.14. The standard InChI is InChI=1S/C17H15NO3/c1-10-4-3-5-12(8-10)18-11(2)16(17(20)21)14-9-13(19)6-7-15(14)18/h3-9,19H,1-2H3,(H,20,21). The highest BCUT2D eigenvalue weighted by Gasteiger charge is 2.20. The number of nitrogens with zero attached hydrogens (tertiary/aromatic N) is 1. The quantitative estimate of drug-likeness (QED) is 0.753. The summed E-state index contributed by atoms with van der Waals surface area (Å²) in [5, 5.41) is 19.7. The molecule has 1 aromatic heterocycles. The maximum atomic E-state index is 11.6. The Kier molecular flexibility index (Phi) is 2.94. The molecule has 0 saturated heterocycles. The van der Waals surface area contributed by atoms with Crippen LogP contribution in [0, 0.1) is 13.8 Å². The number of fused-ring (bicyclic) bond motifs is 1. The number of phenolic OH excluding ortho intramolecular Hbond substituents is 1. The van der Waals surface area contributed by atoms with Crippen LogP contribution in [-0.4, -0.2) is 20.7 Å². The van der Waals surface area contributed by atoms with Crippen molar-refractivity contribution in [3.8, 4) is 11.4 Å². The van der Waals surface area contributed by atoms with Crippen molar-refractivity contribution >= 4 is 16.9 Å². The number of carboxylic acids is 1. The van der Waals surface area contributed by atoms with Gasteiger partial charge in [-0.15, -0.1) is 0 Å². The maximum Gasteiger partial charge on any atom is 0.338 e. The van der Waals surface area contributed by atoms with Crippen molar-refractivity contribution in [1.82, 2.24) is 4.57 Å². The first-order valence-corrected chi connectivity index (χ1v) is 6.63. The van der Waals surface area contributed by atoms with Gasteiger partial charge in [-0.25, -0.2) is 4.79 Å². The maximum absolute atomic E-state index is 11.6. The molecule has 2 aromatic carbocycles. The molecule has 0 aliphatic rings. The lowest BCUT2D eigenvalue weighted by atomic mass is 10.1. The van der Waals surface area contributed by atoms with Crippen LogP contribution in [0.25, 0.3) is 16.6 Å². The van der Waals surface area contributed by atoms with E-state index in [2.05, 4.69) is 0 Å². The molecule has 106 valence electrons. The third-order valence-electron chi connectivity index (χ3n) is 3.66. The number of carbonyl (C=O) groups is 1. The Labute approximate surface area is 121 Å². The Bertz CT molecular complexity index is 862. The molecule has 2 N–H and O–H groups in total. The summed E-state index contributed by atoms with van der Waals surface area (Å²) in [5.41, 5.74) is 3.66. The molecule has 0 aliphatic heterocycles. The highest BCUT2D eigenvalue weighted by atomic mass is 16.4. The molecule has 0 unspecified atom stereocenters. The van der Waals surface area contributed by atoms with Crippen molar-refractivity contribution in [2.45, 2.75) is 13.8 Å². The zero-order valence-electron chi connectivity index (χ0n) is 11.8. The summed E-state index contributed by atoms with van der Waals surface area (Å²) in [4.78, 5) is 11.6. The van der Waals surface area contributed by atoms with E-state index in [0.717, 1.165) is 16.8 Å². The molecule has 0 fully saturated rings. The van der Waals surface area contributed by atoms with E-state index in [4.69, 9.17) is 0 Å². The van der Waals surface area contributed by atoms with E-state index in [-0.39, 0.29) is 11.3 Å². The van der Waals surface area contributed by atoms with Crippen LogP contribution in [0.15, 0.2) is 42.5 Å². The van der Waals surface area contributed by atoms with E-state index in [9.17, 15) is 15.0 Å². The van der Waals surface area contributed by atoms with Crippen LogP contribution in [-0.2, 0) is 0 Å². The van der Waals surface area contributed by atoms with Crippen LogP contribution >= 0.6 is 0 Å². The van der Waals surface area contributed by atoms with Crippen LogP contribution < -0.4 is 0 Å². The van der Waals surface area contributed by atoms with Gasteiger partial charge in [0.15, 0.2) is 0 Å². The smallest absolute Gasteiger partial charge is 0.338 e. The van der Waals surface area contributed by atoms with E-state index >= 15 is 0 Å². The van der Waals surface area contributed by atoms with Gasteiger partial charge >= 0.3 is 5.97 Å². The van der Waals surface area contributed by atoms with E-state index in [0.29, 0.717) is 11.1 Å². The van der Waals surface area contributed by atoms with Crippen molar-refractivity contribution in [1.29, 1.82) is 0 Å². The second-order valence-corrected chi connectivity index (χ2v) is 5.14. The topological polar surface area (TPSA) is 62.5 Å². The third-order valence-corrected chi connectivity index (χ3v) is 3.66. The molecule has 0 saturated carbocycles. The van der Waals surface area contributed by atoms with E-state index in [1.165, 1.54) is 6.07 Å². The summed E-state index contributed by atoms with van der Waals surface area (Å²) >= 11 is 0. The molecule has 21 heavy (non-hydrogen) atoms. The molecule has 0 aliphatic carbocycles. The highest BCUT2D eigenvalue weighted by molar-refractivity contribution is 6.06. The number of phenols is 1. The molecular formula is C17H15NO3. The number of aromatic hydroxyl groups is 1. The van der Waals surface area contributed by atoms with Gasteiger partial charge in [0.05, 0.1) is 11.1 Å². The van der Waals surface area contributed by atoms with Crippen LogP contribution in [0.3, 0.4) is 0 Å². The zero-order chi connectivity index (χ0) is 15.1. The largest absolute Gasteiger partial charge is 0.508 e. The minimum Gasteiger partial charge on any atom is -0.508 e. The summed E-state index contributed by atoms with van der Waals surface area (Å²) in [6.07, 6.45) is 0. The van der Waals surface area contributed by atoms with Crippen molar-refractivity contribution in [2.75, 3.05) is 0 Å². The van der Waals surface area contributed by atoms with Gasteiger partial charge in [0, 0.05) is 16.8 Å². The molecule has 3 rings (SSSR count). The molecule has 0 radical (unpaired) electrons. The van der Waals surface area contributed by atoms with Gasteiger partial charge in [-0.3, -0.25) is 0 Å². The Morgan fingerprint density at radius 2 is 1.86 bits per heavy atom. The Balaban J connectivity index is 2.43. The van der Waals surface area contributed by atoms with E-state index in [1.807, 2.05) is 35.8 Å². The van der Waals surface area contributed by atoms with Gasteiger partial charge in [0.1, 0.15) is 5.75 Å². The second kappa shape index (κ2) is 4.66. The number of hydrogen-bond acceptors (Lipinski definition) is 2. The number of aromatic carboxylic acids is 1. The summed E-state index contributed by atoms with van der Waals surface area (Å²) in [5.74, 6) is -0.930. The average Bonchev–Trinajstić information content (AvgIpc) is 2.70. The first kappa shape index (κ1) is 13.2.